The maximum atomic E-state index is 12.8. The molecule has 1 N–H and O–H groups in total. The number of benzene rings is 2. The number of carbonyl (C=O) groups is 1. The van der Waals surface area contributed by atoms with Crippen LogP contribution in [0.1, 0.15) is 17.5 Å². The van der Waals surface area contributed by atoms with Crippen LogP contribution in [0.15, 0.2) is 67.3 Å². The van der Waals surface area contributed by atoms with Crippen molar-refractivity contribution in [3.05, 3.63) is 78.4 Å². The van der Waals surface area contributed by atoms with Gasteiger partial charge in [-0.25, -0.2) is 0 Å². The third-order valence-corrected chi connectivity index (χ3v) is 6.39. The lowest BCUT2D eigenvalue weighted by Gasteiger charge is -2.39. The highest BCUT2D eigenvalue weighted by Crippen LogP contribution is 2.35. The number of halogens is 3. The van der Waals surface area contributed by atoms with Crippen LogP contribution >= 0.6 is 34.8 Å². The zero-order valence-electron chi connectivity index (χ0n) is 20.1. The van der Waals surface area contributed by atoms with Crippen LogP contribution in [0.3, 0.4) is 0 Å². The highest BCUT2D eigenvalue weighted by Gasteiger charge is 2.51. The molecule has 1 amide bonds. The second-order valence-corrected chi connectivity index (χ2v) is 10.6. The van der Waals surface area contributed by atoms with Gasteiger partial charge in [0.25, 0.3) is 9.70 Å². The number of hydrogen-bond acceptors (Lipinski definition) is 6. The summed E-state index contributed by atoms with van der Waals surface area (Å²) in [4.78, 5) is 12.8. The Bertz CT molecular complexity index is 985. The van der Waals surface area contributed by atoms with Crippen molar-refractivity contribution in [1.82, 2.24) is 5.32 Å². The lowest BCUT2D eigenvalue weighted by atomic mass is 9.89. The Kier molecular flexibility index (Phi) is 10.5. The van der Waals surface area contributed by atoms with E-state index >= 15 is 0 Å². The van der Waals surface area contributed by atoms with Gasteiger partial charge >= 0.3 is 0 Å². The van der Waals surface area contributed by atoms with Crippen LogP contribution in [0.25, 0.3) is 0 Å². The maximum Gasteiger partial charge on any atom is 0.273 e. The minimum Gasteiger partial charge on any atom is -0.497 e. The molecule has 3 rings (SSSR count). The molecule has 0 saturated carbocycles. The number of methoxy groups -OCH3 is 2. The average molecular weight is 559 g/mol. The van der Waals surface area contributed by atoms with Crippen LogP contribution in [-0.2, 0) is 37.0 Å². The number of ether oxygens (including phenoxy) is 5. The number of amides is 1. The zero-order chi connectivity index (χ0) is 26.2. The Morgan fingerprint density at radius 3 is 2.33 bits per heavy atom. The normalized spacial score (nSPS) is 21.5. The van der Waals surface area contributed by atoms with E-state index in [2.05, 4.69) is 11.9 Å². The van der Waals surface area contributed by atoms with Crippen molar-refractivity contribution in [1.29, 1.82) is 0 Å². The van der Waals surface area contributed by atoms with Gasteiger partial charge in [0.15, 0.2) is 6.29 Å². The first kappa shape index (κ1) is 28.7. The van der Waals surface area contributed by atoms with Gasteiger partial charge in [-0.15, -0.1) is 6.58 Å². The highest BCUT2D eigenvalue weighted by atomic mass is 35.6. The van der Waals surface area contributed by atoms with Crippen molar-refractivity contribution < 1.29 is 28.5 Å². The fourth-order valence-electron chi connectivity index (χ4n) is 3.92. The van der Waals surface area contributed by atoms with Gasteiger partial charge in [-0.3, -0.25) is 4.79 Å². The molecule has 2 aromatic rings. The van der Waals surface area contributed by atoms with Gasteiger partial charge < -0.3 is 29.0 Å². The summed E-state index contributed by atoms with van der Waals surface area (Å²) in [6.45, 7) is 4.50. The Hall–Kier alpha value is -1.84. The molecule has 2 aromatic carbocycles. The molecular weight excluding hydrogens is 529 g/mol. The third-order valence-electron chi connectivity index (χ3n) is 5.87. The molecule has 36 heavy (non-hydrogen) atoms. The van der Waals surface area contributed by atoms with E-state index in [1.54, 1.807) is 7.11 Å². The molecule has 1 fully saturated rings. The fourth-order valence-corrected chi connectivity index (χ4v) is 4.06. The van der Waals surface area contributed by atoms with Crippen LogP contribution < -0.4 is 10.1 Å². The van der Waals surface area contributed by atoms with Gasteiger partial charge in [0.1, 0.15) is 17.4 Å². The topological polar surface area (TPSA) is 75.3 Å². The molecule has 0 aromatic heterocycles. The number of alkyl halides is 3. The van der Waals surface area contributed by atoms with Crippen LogP contribution in [0.4, 0.5) is 0 Å². The molecule has 7 nitrogen and oxygen atoms in total. The average Bonchev–Trinajstić information content (AvgIpc) is 3.31. The quantitative estimate of drug-likeness (QED) is 0.293. The first-order valence-electron chi connectivity index (χ1n) is 11.3. The summed E-state index contributed by atoms with van der Waals surface area (Å²) in [7, 11) is 3.14. The van der Waals surface area contributed by atoms with Crippen LogP contribution in [0, 0.1) is 0 Å². The molecule has 0 aliphatic carbocycles. The van der Waals surface area contributed by atoms with Crippen LogP contribution in [0.2, 0.25) is 0 Å². The summed E-state index contributed by atoms with van der Waals surface area (Å²) in [5.74, 6) is -0.107. The first-order chi connectivity index (χ1) is 17.2. The van der Waals surface area contributed by atoms with E-state index in [1.165, 1.54) is 13.2 Å². The van der Waals surface area contributed by atoms with Gasteiger partial charge in [-0.05, 0) is 23.3 Å². The number of rotatable bonds is 12. The molecule has 196 valence electrons. The summed E-state index contributed by atoms with van der Waals surface area (Å²) in [5, 5.41) is 2.78. The van der Waals surface area contributed by atoms with E-state index in [0.29, 0.717) is 13.0 Å². The summed E-state index contributed by atoms with van der Waals surface area (Å²) >= 11 is 17.6. The first-order valence-corrected chi connectivity index (χ1v) is 12.4. The number of nitrogens with one attached hydrogen (secondary N) is 1. The van der Waals surface area contributed by atoms with Gasteiger partial charge in [0.2, 0.25) is 0 Å². The second kappa shape index (κ2) is 13.1. The molecule has 0 radical (unpaired) electrons. The minimum absolute atomic E-state index is 0.0265. The minimum atomic E-state index is -2.20. The predicted molar refractivity (Wildman–Crippen MR) is 139 cm³/mol. The molecule has 1 heterocycles. The van der Waals surface area contributed by atoms with E-state index in [4.69, 9.17) is 58.5 Å². The summed E-state index contributed by atoms with van der Waals surface area (Å²) < 4.78 is 26.8. The van der Waals surface area contributed by atoms with Crippen molar-refractivity contribution >= 4 is 40.7 Å². The van der Waals surface area contributed by atoms with E-state index in [9.17, 15) is 4.79 Å². The van der Waals surface area contributed by atoms with Crippen molar-refractivity contribution in [3.63, 3.8) is 0 Å². The fraction of sp³-hybridized carbons (Fsp3) is 0.423. The Morgan fingerprint density at radius 1 is 1.08 bits per heavy atom. The highest BCUT2D eigenvalue weighted by molar-refractivity contribution is 6.76. The lowest BCUT2D eigenvalue weighted by Crippen LogP contribution is -2.63. The predicted octanol–water partition coefficient (Wildman–Crippen LogP) is 4.97. The van der Waals surface area contributed by atoms with E-state index in [-0.39, 0.29) is 13.2 Å². The van der Waals surface area contributed by atoms with Gasteiger partial charge in [-0.2, -0.15) is 0 Å². The van der Waals surface area contributed by atoms with Crippen molar-refractivity contribution in [3.8, 4) is 5.75 Å². The van der Waals surface area contributed by atoms with Crippen LogP contribution in [-0.4, -0.2) is 54.6 Å². The smallest absolute Gasteiger partial charge is 0.273 e. The standard InChI is InChI=1S/C26H30Cl3NO6/c1-4-25(30-24(31)26(27,28)29,17-34-15-19-10-12-20(32-2)13-11-19)23-21(14-22(33-3)36-23)35-16-18-8-6-5-7-9-18/h4-13,21-23H,1,14-17H2,2-3H3,(H,30,31)/t21-,22+,23+,25?/m1/s1. The molecule has 0 bridgehead atoms. The van der Waals surface area contributed by atoms with Crippen molar-refractivity contribution in [2.45, 2.75) is 47.5 Å². The molecule has 10 heteroatoms. The lowest BCUT2D eigenvalue weighted by molar-refractivity contribution is -0.151. The van der Waals surface area contributed by atoms with E-state index in [1.807, 2.05) is 54.6 Å². The monoisotopic (exact) mass is 557 g/mol. The van der Waals surface area contributed by atoms with E-state index < -0.39 is 33.7 Å². The number of hydrogen-bond donors (Lipinski definition) is 1. The van der Waals surface area contributed by atoms with Gasteiger partial charge in [-0.1, -0.05) is 83.3 Å². The number of carbonyl (C=O) groups excluding carboxylic acids is 1. The summed E-state index contributed by atoms with van der Waals surface area (Å²) in [6, 6.07) is 17.1. The van der Waals surface area contributed by atoms with Crippen molar-refractivity contribution in [2.24, 2.45) is 0 Å². The van der Waals surface area contributed by atoms with E-state index in [0.717, 1.165) is 16.9 Å². The zero-order valence-corrected chi connectivity index (χ0v) is 22.4. The van der Waals surface area contributed by atoms with Crippen LogP contribution in [0.5, 0.6) is 5.75 Å². The van der Waals surface area contributed by atoms with Crippen molar-refractivity contribution in [2.75, 3.05) is 20.8 Å². The summed E-state index contributed by atoms with van der Waals surface area (Å²) in [5.41, 5.74) is 0.602. The molecule has 1 saturated heterocycles. The molecule has 0 spiro atoms. The third kappa shape index (κ3) is 7.59. The largest absolute Gasteiger partial charge is 0.497 e. The molecule has 1 unspecified atom stereocenters. The maximum absolute atomic E-state index is 12.8. The Balaban J connectivity index is 1.82. The van der Waals surface area contributed by atoms with Gasteiger partial charge in [0.05, 0.1) is 33.0 Å². The Labute approximate surface area is 226 Å². The Morgan fingerprint density at radius 2 is 1.75 bits per heavy atom. The van der Waals surface area contributed by atoms with Gasteiger partial charge in [0, 0.05) is 13.5 Å². The summed E-state index contributed by atoms with van der Waals surface area (Å²) in [6.07, 6.45) is 0.161. The second-order valence-electron chi connectivity index (χ2n) is 8.33. The molecule has 1 aliphatic heterocycles. The molecule has 4 atom stereocenters. The SMILES string of the molecule is C=CC(COCc1ccc(OC)cc1)(NC(=O)C(Cl)(Cl)Cl)[C@H]1O[C@H](OC)C[C@H]1OCc1ccccc1. The molecular formula is C26H30Cl3NO6. The molecule has 1 aliphatic rings.